The Balaban J connectivity index is 2.12. The van der Waals surface area contributed by atoms with Gasteiger partial charge in [0.2, 0.25) is 5.91 Å². The summed E-state index contributed by atoms with van der Waals surface area (Å²) < 4.78 is 39.2. The number of carbonyl (C=O) groups excluding carboxylic acids is 1. The minimum atomic E-state index is -1.59. The summed E-state index contributed by atoms with van der Waals surface area (Å²) in [5, 5.41) is 2.28. The molecule has 2 rings (SSSR count). The van der Waals surface area contributed by atoms with Crippen LogP contribution in [0.2, 0.25) is 0 Å². The molecule has 6 heteroatoms. The fraction of sp³-hybridized carbons (Fsp3) is 0.462. The Morgan fingerprint density at radius 1 is 1.16 bits per heavy atom. The zero-order chi connectivity index (χ0) is 14.0. The van der Waals surface area contributed by atoms with Crippen molar-refractivity contribution in [2.75, 3.05) is 5.32 Å². The van der Waals surface area contributed by atoms with E-state index in [1.807, 2.05) is 0 Å². The zero-order valence-corrected chi connectivity index (χ0v) is 10.3. The Kier molecular flexibility index (Phi) is 4.09. The highest BCUT2D eigenvalue weighted by Crippen LogP contribution is 2.26. The first-order valence-electron chi connectivity index (χ1n) is 6.20. The number of hydrogen-bond acceptors (Lipinski definition) is 2. The summed E-state index contributed by atoms with van der Waals surface area (Å²) in [6.07, 6.45) is 3.20. The molecule has 1 saturated carbocycles. The largest absolute Gasteiger partial charge is 0.327 e. The first kappa shape index (κ1) is 13.9. The Bertz CT molecular complexity index is 493. The molecule has 1 amide bonds. The Morgan fingerprint density at radius 3 is 2.53 bits per heavy atom. The molecule has 19 heavy (non-hydrogen) atoms. The van der Waals surface area contributed by atoms with Gasteiger partial charge in [0.25, 0.3) is 0 Å². The highest BCUT2D eigenvalue weighted by molar-refractivity contribution is 5.93. The predicted molar refractivity (Wildman–Crippen MR) is 64.9 cm³/mol. The summed E-state index contributed by atoms with van der Waals surface area (Å²) in [7, 11) is 0. The van der Waals surface area contributed by atoms with Crippen LogP contribution in [-0.2, 0) is 4.79 Å². The summed E-state index contributed by atoms with van der Waals surface area (Å²) in [6, 6.07) is 1.50. The normalized spacial score (nSPS) is 23.2. The number of anilines is 1. The third kappa shape index (κ3) is 2.89. The van der Waals surface area contributed by atoms with Crippen molar-refractivity contribution < 1.29 is 18.0 Å². The van der Waals surface area contributed by atoms with Gasteiger partial charge in [-0.25, -0.2) is 13.2 Å². The predicted octanol–water partition coefficient (Wildman–Crippen LogP) is 2.56. The second-order valence-corrected chi connectivity index (χ2v) is 4.77. The number of halogens is 3. The Labute approximate surface area is 109 Å². The molecular weight excluding hydrogens is 257 g/mol. The highest BCUT2D eigenvalue weighted by Gasteiger charge is 2.29. The molecule has 2 unspecified atom stereocenters. The van der Waals surface area contributed by atoms with Gasteiger partial charge in [0.05, 0.1) is 11.6 Å². The molecule has 2 atom stereocenters. The first-order valence-corrected chi connectivity index (χ1v) is 6.20. The van der Waals surface area contributed by atoms with Crippen LogP contribution in [0.4, 0.5) is 18.9 Å². The van der Waals surface area contributed by atoms with E-state index in [-0.39, 0.29) is 11.7 Å². The van der Waals surface area contributed by atoms with Crippen LogP contribution < -0.4 is 11.1 Å². The van der Waals surface area contributed by atoms with Gasteiger partial charge in [0.1, 0.15) is 0 Å². The van der Waals surface area contributed by atoms with Gasteiger partial charge in [0.15, 0.2) is 17.5 Å². The summed E-state index contributed by atoms with van der Waals surface area (Å²) in [4.78, 5) is 12.0. The summed E-state index contributed by atoms with van der Waals surface area (Å²) in [6.45, 7) is 0. The van der Waals surface area contributed by atoms with E-state index >= 15 is 0 Å². The van der Waals surface area contributed by atoms with Crippen LogP contribution >= 0.6 is 0 Å². The molecule has 1 aromatic rings. The highest BCUT2D eigenvalue weighted by atomic mass is 19.2. The van der Waals surface area contributed by atoms with E-state index < -0.39 is 29.3 Å². The molecule has 3 N–H and O–H groups in total. The van der Waals surface area contributed by atoms with E-state index in [0.717, 1.165) is 31.4 Å². The quantitative estimate of drug-likeness (QED) is 0.813. The maximum atomic E-state index is 13.4. The van der Waals surface area contributed by atoms with Gasteiger partial charge in [-0.2, -0.15) is 0 Å². The molecular formula is C13H15F3N2O. The Hall–Kier alpha value is -1.56. The maximum Gasteiger partial charge on any atom is 0.229 e. The molecule has 1 aliphatic carbocycles. The van der Waals surface area contributed by atoms with E-state index in [1.54, 1.807) is 0 Å². The molecule has 0 bridgehead atoms. The SMILES string of the molecule is NC1CCCCC1C(=O)Nc1ccc(F)c(F)c1F. The lowest BCUT2D eigenvalue weighted by Crippen LogP contribution is -2.40. The van der Waals surface area contributed by atoms with Crippen molar-refractivity contribution in [3.8, 4) is 0 Å². The molecule has 3 nitrogen and oxygen atoms in total. The van der Waals surface area contributed by atoms with Crippen molar-refractivity contribution in [3.05, 3.63) is 29.6 Å². The third-order valence-corrected chi connectivity index (χ3v) is 3.45. The maximum absolute atomic E-state index is 13.4. The van der Waals surface area contributed by atoms with Crippen molar-refractivity contribution in [3.63, 3.8) is 0 Å². The fourth-order valence-corrected chi connectivity index (χ4v) is 2.33. The second kappa shape index (κ2) is 5.61. The summed E-state index contributed by atoms with van der Waals surface area (Å²) in [5.74, 6) is -5.13. The van der Waals surface area contributed by atoms with Crippen molar-refractivity contribution in [2.24, 2.45) is 11.7 Å². The molecule has 104 valence electrons. The first-order chi connectivity index (χ1) is 9.00. The minimum absolute atomic E-state index is 0.276. The van der Waals surface area contributed by atoms with Crippen molar-refractivity contribution in [1.29, 1.82) is 0 Å². The van der Waals surface area contributed by atoms with E-state index in [1.165, 1.54) is 0 Å². The molecule has 0 aliphatic heterocycles. The zero-order valence-electron chi connectivity index (χ0n) is 10.3. The van der Waals surface area contributed by atoms with Crippen LogP contribution in [-0.4, -0.2) is 11.9 Å². The van der Waals surface area contributed by atoms with Crippen LogP contribution in [0.1, 0.15) is 25.7 Å². The van der Waals surface area contributed by atoms with Crippen molar-refractivity contribution in [1.82, 2.24) is 0 Å². The molecule has 1 aliphatic rings. The van der Waals surface area contributed by atoms with Gasteiger partial charge >= 0.3 is 0 Å². The lowest BCUT2D eigenvalue weighted by molar-refractivity contribution is -0.121. The molecule has 0 radical (unpaired) electrons. The molecule has 0 aromatic heterocycles. The van der Waals surface area contributed by atoms with Crippen LogP contribution in [0.25, 0.3) is 0 Å². The average molecular weight is 272 g/mol. The van der Waals surface area contributed by atoms with Gasteiger partial charge in [-0.3, -0.25) is 4.79 Å². The van der Waals surface area contributed by atoms with E-state index in [4.69, 9.17) is 5.73 Å². The molecule has 0 saturated heterocycles. The van der Waals surface area contributed by atoms with E-state index in [2.05, 4.69) is 5.32 Å². The van der Waals surface area contributed by atoms with Gasteiger partial charge in [0, 0.05) is 6.04 Å². The average Bonchev–Trinajstić information content (AvgIpc) is 2.40. The number of hydrogen-bond donors (Lipinski definition) is 2. The summed E-state index contributed by atoms with van der Waals surface area (Å²) >= 11 is 0. The van der Waals surface area contributed by atoms with Crippen LogP contribution in [0.5, 0.6) is 0 Å². The van der Waals surface area contributed by atoms with Crippen LogP contribution in [0.3, 0.4) is 0 Å². The number of carbonyl (C=O) groups is 1. The second-order valence-electron chi connectivity index (χ2n) is 4.77. The molecule has 1 aromatic carbocycles. The number of benzene rings is 1. The number of rotatable bonds is 2. The van der Waals surface area contributed by atoms with E-state index in [9.17, 15) is 18.0 Å². The topological polar surface area (TPSA) is 55.1 Å². The lowest BCUT2D eigenvalue weighted by atomic mass is 9.84. The minimum Gasteiger partial charge on any atom is -0.327 e. The monoisotopic (exact) mass is 272 g/mol. The number of amides is 1. The smallest absolute Gasteiger partial charge is 0.229 e. The van der Waals surface area contributed by atoms with Gasteiger partial charge < -0.3 is 11.1 Å². The fourth-order valence-electron chi connectivity index (χ4n) is 2.33. The molecule has 1 fully saturated rings. The van der Waals surface area contributed by atoms with E-state index in [0.29, 0.717) is 6.42 Å². The molecule has 0 spiro atoms. The van der Waals surface area contributed by atoms with Crippen LogP contribution in [0.15, 0.2) is 12.1 Å². The van der Waals surface area contributed by atoms with Crippen LogP contribution in [0, 0.1) is 23.4 Å². The van der Waals surface area contributed by atoms with Crippen molar-refractivity contribution in [2.45, 2.75) is 31.7 Å². The standard InChI is InChI=1S/C13H15F3N2O/c14-8-5-6-10(12(16)11(8)15)18-13(19)7-3-1-2-4-9(7)17/h5-7,9H,1-4,17H2,(H,18,19). The van der Waals surface area contributed by atoms with Gasteiger partial charge in [-0.15, -0.1) is 0 Å². The number of nitrogens with one attached hydrogen (secondary N) is 1. The third-order valence-electron chi connectivity index (χ3n) is 3.45. The lowest BCUT2D eigenvalue weighted by Gasteiger charge is -2.27. The van der Waals surface area contributed by atoms with Gasteiger partial charge in [-0.05, 0) is 25.0 Å². The Morgan fingerprint density at radius 2 is 1.84 bits per heavy atom. The van der Waals surface area contributed by atoms with Crippen molar-refractivity contribution >= 4 is 11.6 Å². The van der Waals surface area contributed by atoms with Gasteiger partial charge in [-0.1, -0.05) is 12.8 Å². The number of nitrogens with two attached hydrogens (primary N) is 1. The summed E-state index contributed by atoms with van der Waals surface area (Å²) in [5.41, 5.74) is 5.48. The molecule has 0 heterocycles.